The maximum atomic E-state index is 13.4. The van der Waals surface area contributed by atoms with E-state index in [1.54, 1.807) is 32.4 Å². The highest BCUT2D eigenvalue weighted by Gasteiger charge is 2.32. The number of hydrogen-bond donors (Lipinski definition) is 1. The first-order valence-electron chi connectivity index (χ1n) is 11.2. The molecule has 35 heavy (non-hydrogen) atoms. The molecule has 0 saturated carbocycles. The molecular weight excluding hydrogens is 476 g/mol. The summed E-state index contributed by atoms with van der Waals surface area (Å²) in [5.41, 5.74) is 1.13. The number of aromatic nitrogens is 4. The molecule has 12 nitrogen and oxygen atoms in total. The topological polar surface area (TPSA) is 114 Å². The van der Waals surface area contributed by atoms with Gasteiger partial charge in [-0.15, -0.1) is 10.2 Å². The lowest BCUT2D eigenvalue weighted by Gasteiger charge is -2.29. The van der Waals surface area contributed by atoms with Crippen molar-refractivity contribution in [1.29, 1.82) is 0 Å². The third-order valence-corrected chi connectivity index (χ3v) is 6.26. The van der Waals surface area contributed by atoms with Gasteiger partial charge in [-0.1, -0.05) is 11.6 Å². The Balaban J connectivity index is 1.54. The Bertz CT molecular complexity index is 1220. The van der Waals surface area contributed by atoms with Gasteiger partial charge >= 0.3 is 0 Å². The number of fused-ring (bicyclic) bond motifs is 1. The summed E-state index contributed by atoms with van der Waals surface area (Å²) in [4.78, 5) is 23.8. The minimum atomic E-state index is -0.192. The van der Waals surface area contributed by atoms with Crippen LogP contribution in [0.15, 0.2) is 22.6 Å². The molecule has 0 radical (unpaired) electrons. The predicted octanol–water partition coefficient (Wildman–Crippen LogP) is 1.51. The first-order chi connectivity index (χ1) is 17.0. The van der Waals surface area contributed by atoms with Gasteiger partial charge in [-0.05, 0) is 18.2 Å². The van der Waals surface area contributed by atoms with E-state index < -0.39 is 0 Å². The molecule has 0 aliphatic carbocycles. The van der Waals surface area contributed by atoms with Gasteiger partial charge in [0.25, 0.3) is 5.91 Å². The SMILES string of the molecule is COc1ccc(-c2nnc(Cn3c(N4CCNCC4)nc4c3C(=O)N(C)COCN4C)o2)cc1Cl. The lowest BCUT2D eigenvalue weighted by molar-refractivity contribution is 0.0312. The highest BCUT2D eigenvalue weighted by molar-refractivity contribution is 6.32. The molecule has 2 aromatic heterocycles. The van der Waals surface area contributed by atoms with Gasteiger partial charge in [0.1, 0.15) is 25.8 Å². The van der Waals surface area contributed by atoms with Crippen LogP contribution >= 0.6 is 11.6 Å². The fraction of sp³-hybridized carbons (Fsp3) is 0.455. The number of ether oxygens (including phenoxy) is 2. The number of carbonyl (C=O) groups is 1. The van der Waals surface area contributed by atoms with Crippen molar-refractivity contribution in [2.24, 2.45) is 0 Å². The average molecular weight is 503 g/mol. The molecule has 1 fully saturated rings. The first kappa shape index (κ1) is 23.4. The van der Waals surface area contributed by atoms with Crippen molar-refractivity contribution in [3.63, 3.8) is 0 Å². The lowest BCUT2D eigenvalue weighted by atomic mass is 10.2. The second-order valence-corrected chi connectivity index (χ2v) is 8.83. The zero-order chi connectivity index (χ0) is 24.5. The smallest absolute Gasteiger partial charge is 0.276 e. The van der Waals surface area contributed by atoms with E-state index in [9.17, 15) is 4.79 Å². The molecule has 0 unspecified atom stereocenters. The van der Waals surface area contributed by atoms with E-state index in [0.717, 1.165) is 26.2 Å². The summed E-state index contributed by atoms with van der Waals surface area (Å²) in [5.74, 6) is 2.27. The molecule has 0 spiro atoms. The molecule has 0 bridgehead atoms. The minimum Gasteiger partial charge on any atom is -0.495 e. The van der Waals surface area contributed by atoms with Crippen LogP contribution in [0.25, 0.3) is 11.5 Å². The van der Waals surface area contributed by atoms with Gasteiger partial charge in [-0.25, -0.2) is 0 Å². The van der Waals surface area contributed by atoms with Crippen LogP contribution < -0.4 is 19.9 Å². The Morgan fingerprint density at radius 1 is 1.14 bits per heavy atom. The normalized spacial score (nSPS) is 16.8. The molecule has 0 atom stereocenters. The van der Waals surface area contributed by atoms with E-state index in [0.29, 0.717) is 52.3 Å². The van der Waals surface area contributed by atoms with Crippen LogP contribution in [0, 0.1) is 0 Å². The number of rotatable bonds is 5. The summed E-state index contributed by atoms with van der Waals surface area (Å²) < 4.78 is 18.7. The molecule has 2 aliphatic heterocycles. The Morgan fingerprint density at radius 2 is 1.91 bits per heavy atom. The van der Waals surface area contributed by atoms with E-state index in [1.807, 2.05) is 16.5 Å². The molecular formula is C22H27ClN8O4. The summed E-state index contributed by atoms with van der Waals surface area (Å²) in [5, 5.41) is 12.2. The van der Waals surface area contributed by atoms with Crippen LogP contribution in [0.4, 0.5) is 11.8 Å². The molecule has 13 heteroatoms. The molecule has 1 amide bonds. The molecule has 5 rings (SSSR count). The van der Waals surface area contributed by atoms with Crippen LogP contribution in [0.2, 0.25) is 5.02 Å². The maximum absolute atomic E-state index is 13.4. The second-order valence-electron chi connectivity index (χ2n) is 8.42. The van der Waals surface area contributed by atoms with Gasteiger partial charge in [-0.3, -0.25) is 9.36 Å². The quantitative estimate of drug-likeness (QED) is 0.550. The van der Waals surface area contributed by atoms with Crippen molar-refractivity contribution in [1.82, 2.24) is 30.0 Å². The van der Waals surface area contributed by atoms with Crippen LogP contribution in [0.1, 0.15) is 16.4 Å². The molecule has 2 aliphatic rings. The van der Waals surface area contributed by atoms with Crippen molar-refractivity contribution in [2.45, 2.75) is 6.54 Å². The summed E-state index contributed by atoms with van der Waals surface area (Å²) >= 11 is 6.26. The average Bonchev–Trinajstić information content (AvgIpc) is 3.48. The molecule has 4 heterocycles. The van der Waals surface area contributed by atoms with Gasteiger partial charge in [0.15, 0.2) is 11.5 Å². The Kier molecular flexibility index (Phi) is 6.50. The first-order valence-corrected chi connectivity index (χ1v) is 11.6. The fourth-order valence-electron chi connectivity index (χ4n) is 4.15. The van der Waals surface area contributed by atoms with Crippen LogP contribution in [0.5, 0.6) is 5.75 Å². The number of nitrogens with zero attached hydrogens (tertiary/aromatic N) is 7. The maximum Gasteiger partial charge on any atom is 0.276 e. The lowest BCUT2D eigenvalue weighted by Crippen LogP contribution is -2.45. The molecule has 1 aromatic carbocycles. The minimum absolute atomic E-state index is 0.180. The molecule has 1 N–H and O–H groups in total. The number of anilines is 2. The number of hydrogen-bond acceptors (Lipinski definition) is 10. The van der Waals surface area contributed by atoms with Crippen LogP contribution in [-0.4, -0.2) is 91.4 Å². The number of nitrogens with one attached hydrogen (secondary N) is 1. The van der Waals surface area contributed by atoms with Gasteiger partial charge in [0, 0.05) is 45.8 Å². The van der Waals surface area contributed by atoms with E-state index in [2.05, 4.69) is 20.4 Å². The standard InChI is InChI=1S/C22H27ClN8O4/c1-28-12-34-13-29(2)21(32)18-19(28)25-22(30-8-6-24-7-9-30)31(18)11-17-26-27-20(35-17)14-4-5-16(33-3)15(23)10-14/h4-5,10,24H,6-9,11-13H2,1-3H3. The monoisotopic (exact) mass is 502 g/mol. The Labute approximate surface area is 207 Å². The van der Waals surface area contributed by atoms with E-state index in [4.69, 9.17) is 30.5 Å². The van der Waals surface area contributed by atoms with E-state index >= 15 is 0 Å². The summed E-state index contributed by atoms with van der Waals surface area (Å²) in [6.45, 7) is 3.86. The molecule has 1 saturated heterocycles. The van der Waals surface area contributed by atoms with Crippen LogP contribution in [0.3, 0.4) is 0 Å². The zero-order valence-corrected chi connectivity index (χ0v) is 20.6. The van der Waals surface area contributed by atoms with Crippen LogP contribution in [-0.2, 0) is 11.3 Å². The third-order valence-electron chi connectivity index (χ3n) is 5.97. The van der Waals surface area contributed by atoms with Gasteiger partial charge in [0.2, 0.25) is 17.7 Å². The van der Waals surface area contributed by atoms with Gasteiger partial charge < -0.3 is 33.9 Å². The highest BCUT2D eigenvalue weighted by Crippen LogP contribution is 2.32. The largest absolute Gasteiger partial charge is 0.495 e. The van der Waals surface area contributed by atoms with E-state index in [1.165, 1.54) is 4.90 Å². The number of piperazine rings is 1. The van der Waals surface area contributed by atoms with Crippen molar-refractivity contribution in [3.8, 4) is 17.2 Å². The highest BCUT2D eigenvalue weighted by atomic mass is 35.5. The number of benzene rings is 1. The van der Waals surface area contributed by atoms with Crippen molar-refractivity contribution in [2.75, 3.05) is 70.6 Å². The zero-order valence-electron chi connectivity index (χ0n) is 19.8. The number of carbonyl (C=O) groups excluding carboxylic acids is 1. The van der Waals surface area contributed by atoms with Gasteiger partial charge in [0.05, 0.1) is 12.1 Å². The third kappa shape index (κ3) is 4.51. The summed E-state index contributed by atoms with van der Waals surface area (Å²) in [6.07, 6.45) is 0. The van der Waals surface area contributed by atoms with Crippen molar-refractivity contribution < 1.29 is 18.7 Å². The molecule has 186 valence electrons. The summed E-state index contributed by atoms with van der Waals surface area (Å²) in [6, 6.07) is 5.26. The Morgan fingerprint density at radius 3 is 2.66 bits per heavy atom. The number of methoxy groups -OCH3 is 1. The fourth-order valence-corrected chi connectivity index (χ4v) is 4.40. The molecule has 3 aromatic rings. The van der Waals surface area contributed by atoms with Crippen molar-refractivity contribution >= 4 is 29.3 Å². The second kappa shape index (κ2) is 9.72. The number of halogens is 1. The predicted molar refractivity (Wildman–Crippen MR) is 129 cm³/mol. The Hall–Kier alpha value is -3.35. The van der Waals surface area contributed by atoms with E-state index in [-0.39, 0.29) is 19.2 Å². The van der Waals surface area contributed by atoms with Gasteiger partial charge in [-0.2, -0.15) is 4.98 Å². The number of amides is 1. The van der Waals surface area contributed by atoms with Crippen molar-refractivity contribution in [3.05, 3.63) is 34.8 Å². The number of imidazole rings is 1. The summed E-state index contributed by atoms with van der Waals surface area (Å²) in [7, 11) is 5.12.